The van der Waals surface area contributed by atoms with Crippen LogP contribution in [0, 0.1) is 0 Å². The molecule has 0 saturated carbocycles. The van der Waals surface area contributed by atoms with E-state index >= 15 is 0 Å². The number of rotatable bonds is 20. The number of carbonyl (C=O) groups is 2. The normalized spacial score (nSPS) is 22.7. The van der Waals surface area contributed by atoms with Crippen molar-refractivity contribution in [1.29, 1.82) is 0 Å². The lowest BCUT2D eigenvalue weighted by Crippen LogP contribution is -2.61. The Morgan fingerprint density at radius 1 is 0.639 bits per heavy atom. The van der Waals surface area contributed by atoms with Crippen molar-refractivity contribution in [2.24, 2.45) is 0 Å². The van der Waals surface area contributed by atoms with Crippen molar-refractivity contribution in [3.05, 3.63) is 156 Å². The summed E-state index contributed by atoms with van der Waals surface area (Å²) in [5.74, 6) is -0.439. The third kappa shape index (κ3) is 13.8. The second kappa shape index (κ2) is 22.3. The molecule has 0 N–H and O–H groups in total. The zero-order chi connectivity index (χ0) is 43.1. The standard InChI is InChI=1S/C47H55NO13/c1-46(2,3)58-45(50)48-38(32-51-47(48,4)5)39(49)26-27-40-42(59-54-29-35-20-12-7-13-21-35)44(61-56-31-37-24-16-9-17-25-37)43(60-55-30-36-22-14-8-15-23-36)41(57-40)33-53-52-28-34-18-10-6-11-19-34/h6-27,38,40-44H,28-33H2,1-5H3/b27-26+/t38-,40+,41-,42+,43-,44-/m1/s1. The summed E-state index contributed by atoms with van der Waals surface area (Å²) in [5.41, 5.74) is 1.51. The number of hydrogen-bond acceptors (Lipinski definition) is 13. The largest absolute Gasteiger partial charge is 0.444 e. The summed E-state index contributed by atoms with van der Waals surface area (Å²) in [6.45, 7) is 8.85. The fraction of sp³-hybridized carbons (Fsp3) is 0.404. The molecule has 2 saturated heterocycles. The molecule has 2 aliphatic rings. The molecule has 0 aliphatic carbocycles. The van der Waals surface area contributed by atoms with Gasteiger partial charge in [-0.25, -0.2) is 43.9 Å². The van der Waals surface area contributed by atoms with E-state index in [1.807, 2.05) is 121 Å². The molecule has 0 bridgehead atoms. The molecule has 14 heteroatoms. The van der Waals surface area contributed by atoms with Gasteiger partial charge in [0.2, 0.25) is 0 Å². The van der Waals surface area contributed by atoms with Crippen molar-refractivity contribution in [2.45, 2.75) is 109 Å². The van der Waals surface area contributed by atoms with Crippen LogP contribution in [0.25, 0.3) is 0 Å². The molecule has 2 aliphatic heterocycles. The highest BCUT2D eigenvalue weighted by Crippen LogP contribution is 2.33. The predicted molar refractivity (Wildman–Crippen MR) is 220 cm³/mol. The van der Waals surface area contributed by atoms with Crippen molar-refractivity contribution in [2.75, 3.05) is 13.2 Å². The van der Waals surface area contributed by atoms with E-state index in [0.717, 1.165) is 22.3 Å². The smallest absolute Gasteiger partial charge is 0.413 e. The van der Waals surface area contributed by atoms with Crippen LogP contribution < -0.4 is 0 Å². The first kappa shape index (κ1) is 45.7. The molecule has 0 unspecified atom stereocenters. The van der Waals surface area contributed by atoms with Crippen molar-refractivity contribution >= 4 is 11.9 Å². The minimum absolute atomic E-state index is 0.0516. The van der Waals surface area contributed by atoms with Crippen LogP contribution in [0.3, 0.4) is 0 Å². The van der Waals surface area contributed by atoms with Crippen LogP contribution in [-0.4, -0.2) is 77.9 Å². The molecule has 2 fully saturated rings. The van der Waals surface area contributed by atoms with Crippen LogP contribution in [0.4, 0.5) is 4.79 Å². The minimum atomic E-state index is -1.13. The lowest BCUT2D eigenvalue weighted by molar-refractivity contribution is -0.468. The number of amides is 1. The Kier molecular flexibility index (Phi) is 16.7. The highest BCUT2D eigenvalue weighted by Gasteiger charge is 2.51. The Morgan fingerprint density at radius 3 is 1.56 bits per heavy atom. The summed E-state index contributed by atoms with van der Waals surface area (Å²) in [5, 5.41) is 0. The fourth-order valence-electron chi connectivity index (χ4n) is 6.60. The maximum absolute atomic E-state index is 14.1. The molecule has 6 rings (SSSR count). The number of carbonyl (C=O) groups excluding carboxylic acids is 2. The minimum Gasteiger partial charge on any atom is -0.444 e. The summed E-state index contributed by atoms with van der Waals surface area (Å²) in [6.07, 6.45) is -3.17. The predicted octanol–water partition coefficient (Wildman–Crippen LogP) is 7.95. The summed E-state index contributed by atoms with van der Waals surface area (Å²) in [7, 11) is 0. The van der Waals surface area contributed by atoms with Gasteiger partial charge in [0.05, 0.1) is 6.61 Å². The molecule has 4 aromatic rings. The summed E-state index contributed by atoms with van der Waals surface area (Å²) in [6, 6.07) is 37.0. The van der Waals surface area contributed by atoms with Crippen molar-refractivity contribution in [3.8, 4) is 0 Å². The zero-order valence-electron chi connectivity index (χ0n) is 35.2. The Balaban J connectivity index is 1.29. The monoisotopic (exact) mass is 841 g/mol. The third-order valence-corrected chi connectivity index (χ3v) is 9.65. The van der Waals surface area contributed by atoms with E-state index in [2.05, 4.69) is 0 Å². The second-order valence-corrected chi connectivity index (χ2v) is 16.0. The molecular formula is C47H55NO13. The average molecular weight is 842 g/mol. The van der Waals surface area contributed by atoms with E-state index in [-0.39, 0.29) is 39.6 Å². The Hall–Kier alpha value is -4.84. The molecule has 1 amide bonds. The molecule has 0 aromatic heterocycles. The van der Waals surface area contributed by atoms with Crippen LogP contribution in [0.1, 0.15) is 56.9 Å². The lowest BCUT2D eigenvalue weighted by Gasteiger charge is -2.42. The molecule has 14 nitrogen and oxygen atoms in total. The molecular weight excluding hydrogens is 787 g/mol. The van der Waals surface area contributed by atoms with Gasteiger partial charge in [-0.1, -0.05) is 121 Å². The van der Waals surface area contributed by atoms with Crippen LogP contribution >= 0.6 is 0 Å². The van der Waals surface area contributed by atoms with Gasteiger partial charge in [0.25, 0.3) is 0 Å². The van der Waals surface area contributed by atoms with Gasteiger partial charge in [-0.3, -0.25) is 9.69 Å². The second-order valence-electron chi connectivity index (χ2n) is 16.0. The van der Waals surface area contributed by atoms with Gasteiger partial charge >= 0.3 is 6.09 Å². The van der Waals surface area contributed by atoms with Gasteiger partial charge < -0.3 is 14.2 Å². The molecule has 326 valence electrons. The Bertz CT molecular complexity index is 1940. The summed E-state index contributed by atoms with van der Waals surface area (Å²) in [4.78, 5) is 76.1. The highest BCUT2D eigenvalue weighted by atomic mass is 17.2. The maximum Gasteiger partial charge on any atom is 0.413 e. The van der Waals surface area contributed by atoms with Crippen molar-refractivity contribution in [3.63, 3.8) is 0 Å². The number of ketones is 1. The first-order valence-corrected chi connectivity index (χ1v) is 20.3. The molecule has 6 atom stereocenters. The van der Waals surface area contributed by atoms with Crippen LogP contribution in [-0.2, 0) is 84.5 Å². The number of hydrogen-bond donors (Lipinski definition) is 0. The van der Waals surface area contributed by atoms with Crippen LogP contribution in [0.5, 0.6) is 0 Å². The first-order chi connectivity index (χ1) is 29.5. The van der Waals surface area contributed by atoms with E-state index < -0.39 is 59.8 Å². The summed E-state index contributed by atoms with van der Waals surface area (Å²) < 4.78 is 18.2. The van der Waals surface area contributed by atoms with Crippen LogP contribution in [0.15, 0.2) is 133 Å². The van der Waals surface area contributed by atoms with E-state index in [9.17, 15) is 9.59 Å². The number of nitrogens with zero attached hydrogens (tertiary/aromatic N) is 1. The first-order valence-electron chi connectivity index (χ1n) is 20.3. The SMILES string of the molecule is CC(C)(C)OC(=O)N1[C@@H](C(=O)/C=C/[C@@H]2O[C@H](COOCc3ccccc3)[C@@H](OOCc3ccccc3)[C@H](OOCc3ccccc3)[C@H]2OOCc2ccccc2)COC1(C)C. The Morgan fingerprint density at radius 2 is 1.08 bits per heavy atom. The number of ether oxygens (including phenoxy) is 3. The highest BCUT2D eigenvalue weighted by molar-refractivity contribution is 5.97. The third-order valence-electron chi connectivity index (χ3n) is 9.65. The van der Waals surface area contributed by atoms with Gasteiger partial charge in [-0.15, -0.1) is 0 Å². The van der Waals surface area contributed by atoms with Crippen molar-refractivity contribution < 1.29 is 62.9 Å². The van der Waals surface area contributed by atoms with Crippen LogP contribution in [0.2, 0.25) is 0 Å². The number of benzene rings is 4. The average Bonchev–Trinajstić information content (AvgIpc) is 3.58. The lowest BCUT2D eigenvalue weighted by atomic mass is 9.94. The Labute approximate surface area is 356 Å². The molecule has 61 heavy (non-hydrogen) atoms. The molecule has 0 radical (unpaired) electrons. The maximum atomic E-state index is 14.1. The van der Waals surface area contributed by atoms with E-state index in [1.165, 1.54) is 17.1 Å². The van der Waals surface area contributed by atoms with Gasteiger partial charge in [0.1, 0.15) is 62.6 Å². The quantitative estimate of drug-likeness (QED) is 0.0369. The van der Waals surface area contributed by atoms with Gasteiger partial charge in [-0.05, 0) is 69.0 Å². The molecule has 4 aromatic carbocycles. The van der Waals surface area contributed by atoms with Crippen molar-refractivity contribution in [1.82, 2.24) is 4.90 Å². The molecule has 0 spiro atoms. The summed E-state index contributed by atoms with van der Waals surface area (Å²) >= 11 is 0. The van der Waals surface area contributed by atoms with Gasteiger partial charge in [0.15, 0.2) is 24.1 Å². The van der Waals surface area contributed by atoms with Gasteiger partial charge in [-0.2, -0.15) is 0 Å². The molecule has 2 heterocycles. The van der Waals surface area contributed by atoms with Gasteiger partial charge in [0, 0.05) is 0 Å². The topological polar surface area (TPSA) is 139 Å². The zero-order valence-corrected chi connectivity index (χ0v) is 35.2. The van der Waals surface area contributed by atoms with E-state index in [1.54, 1.807) is 34.6 Å². The fourth-order valence-corrected chi connectivity index (χ4v) is 6.60. The van der Waals surface area contributed by atoms with E-state index in [4.69, 9.17) is 53.3 Å². The van der Waals surface area contributed by atoms with E-state index in [0.29, 0.717) is 0 Å².